The third-order valence-corrected chi connectivity index (χ3v) is 5.08. The van der Waals surface area contributed by atoms with E-state index >= 15 is 0 Å². The highest BCUT2D eigenvalue weighted by atomic mass is 32.1. The lowest BCUT2D eigenvalue weighted by molar-refractivity contribution is 1.13. The minimum atomic E-state index is 0.0243. The van der Waals surface area contributed by atoms with Crippen LogP contribution >= 0.6 is 11.5 Å². The molecule has 0 fully saturated rings. The second-order valence-electron chi connectivity index (χ2n) is 5.46. The first-order chi connectivity index (χ1) is 11.8. The molecule has 1 aromatic heterocycles. The standard InChI is InChI=1S/C21H15NOS/c23-21-19(16-10-4-1-5-11-16)20(17-12-6-2-7-13-17)24-22(21)18-14-8-3-9-15-18/h1-15H. The number of rotatable bonds is 3. The first-order valence-electron chi connectivity index (χ1n) is 7.77. The van der Waals surface area contributed by atoms with E-state index in [1.807, 2.05) is 91.0 Å². The monoisotopic (exact) mass is 329 g/mol. The zero-order chi connectivity index (χ0) is 16.4. The van der Waals surface area contributed by atoms with E-state index in [1.165, 1.54) is 11.5 Å². The molecule has 24 heavy (non-hydrogen) atoms. The van der Waals surface area contributed by atoms with Crippen LogP contribution in [0.25, 0.3) is 27.3 Å². The van der Waals surface area contributed by atoms with E-state index in [2.05, 4.69) is 0 Å². The number of para-hydroxylation sites is 1. The van der Waals surface area contributed by atoms with Gasteiger partial charge in [-0.15, -0.1) is 0 Å². The molecule has 4 rings (SSSR count). The van der Waals surface area contributed by atoms with Gasteiger partial charge in [0.1, 0.15) is 0 Å². The largest absolute Gasteiger partial charge is 0.273 e. The summed E-state index contributed by atoms with van der Waals surface area (Å²) in [6.45, 7) is 0. The van der Waals surface area contributed by atoms with Crippen LogP contribution < -0.4 is 5.56 Å². The molecule has 0 atom stereocenters. The van der Waals surface area contributed by atoms with Crippen molar-refractivity contribution in [1.82, 2.24) is 3.96 Å². The smallest absolute Gasteiger partial charge is 0.267 e. The fraction of sp³-hybridized carbons (Fsp3) is 0. The highest BCUT2D eigenvalue weighted by Gasteiger charge is 2.18. The molecule has 0 spiro atoms. The van der Waals surface area contributed by atoms with Crippen molar-refractivity contribution >= 4 is 11.5 Å². The Morgan fingerprint density at radius 1 is 0.625 bits per heavy atom. The Morgan fingerprint density at radius 3 is 1.71 bits per heavy atom. The molecule has 3 heteroatoms. The Bertz CT molecular complexity index is 1000. The molecule has 0 bridgehead atoms. The van der Waals surface area contributed by atoms with E-state index < -0.39 is 0 Å². The van der Waals surface area contributed by atoms with Crippen molar-refractivity contribution in [2.24, 2.45) is 0 Å². The third-order valence-electron chi connectivity index (χ3n) is 3.90. The molecule has 4 aromatic rings. The predicted octanol–water partition coefficient (Wildman–Crippen LogP) is 5.23. The maximum atomic E-state index is 13.1. The van der Waals surface area contributed by atoms with Crippen molar-refractivity contribution in [2.75, 3.05) is 0 Å². The normalized spacial score (nSPS) is 10.7. The van der Waals surface area contributed by atoms with Gasteiger partial charge in [-0.3, -0.25) is 4.79 Å². The number of nitrogens with zero attached hydrogens (tertiary/aromatic N) is 1. The van der Waals surface area contributed by atoms with E-state index in [-0.39, 0.29) is 5.56 Å². The SMILES string of the molecule is O=c1c(-c2ccccc2)c(-c2ccccc2)sn1-c1ccccc1. The predicted molar refractivity (Wildman–Crippen MR) is 101 cm³/mol. The number of aromatic nitrogens is 1. The zero-order valence-corrected chi connectivity index (χ0v) is 13.7. The summed E-state index contributed by atoms with van der Waals surface area (Å²) < 4.78 is 1.77. The van der Waals surface area contributed by atoms with Crippen LogP contribution in [0.5, 0.6) is 0 Å². The van der Waals surface area contributed by atoms with Gasteiger partial charge in [0.25, 0.3) is 5.56 Å². The maximum absolute atomic E-state index is 13.1. The summed E-state index contributed by atoms with van der Waals surface area (Å²) in [4.78, 5) is 14.1. The lowest BCUT2D eigenvalue weighted by Gasteiger charge is -2.01. The molecule has 0 aliphatic heterocycles. The quantitative estimate of drug-likeness (QED) is 0.504. The molecule has 116 valence electrons. The Labute approximate surface area is 144 Å². The number of hydrogen-bond donors (Lipinski definition) is 0. The fourth-order valence-electron chi connectivity index (χ4n) is 2.76. The highest BCUT2D eigenvalue weighted by molar-refractivity contribution is 7.11. The summed E-state index contributed by atoms with van der Waals surface area (Å²) in [5.41, 5.74) is 3.69. The van der Waals surface area contributed by atoms with Crippen molar-refractivity contribution in [3.63, 3.8) is 0 Å². The number of benzene rings is 3. The van der Waals surface area contributed by atoms with Gasteiger partial charge in [0.2, 0.25) is 0 Å². The van der Waals surface area contributed by atoms with Crippen molar-refractivity contribution in [1.29, 1.82) is 0 Å². The lowest BCUT2D eigenvalue weighted by Crippen LogP contribution is -2.12. The molecule has 0 N–H and O–H groups in total. The first-order valence-corrected chi connectivity index (χ1v) is 8.54. The van der Waals surface area contributed by atoms with Crippen molar-refractivity contribution in [2.45, 2.75) is 0 Å². The van der Waals surface area contributed by atoms with Gasteiger partial charge in [0.15, 0.2) is 0 Å². The molecule has 0 aliphatic carbocycles. The average molecular weight is 329 g/mol. The average Bonchev–Trinajstić information content (AvgIpc) is 3.01. The van der Waals surface area contributed by atoms with Gasteiger partial charge in [-0.25, -0.2) is 3.96 Å². The van der Waals surface area contributed by atoms with E-state index in [0.29, 0.717) is 0 Å². The molecule has 0 saturated carbocycles. The zero-order valence-electron chi connectivity index (χ0n) is 12.9. The summed E-state index contributed by atoms with van der Waals surface area (Å²) in [6, 6.07) is 29.7. The molecule has 0 unspecified atom stereocenters. The van der Waals surface area contributed by atoms with Crippen molar-refractivity contribution < 1.29 is 0 Å². The van der Waals surface area contributed by atoms with Gasteiger partial charge < -0.3 is 0 Å². The molecule has 0 saturated heterocycles. The Morgan fingerprint density at radius 2 is 1.12 bits per heavy atom. The topological polar surface area (TPSA) is 22.0 Å². The van der Waals surface area contributed by atoms with Gasteiger partial charge >= 0.3 is 0 Å². The van der Waals surface area contributed by atoms with E-state index in [1.54, 1.807) is 3.96 Å². The molecular weight excluding hydrogens is 314 g/mol. The van der Waals surface area contributed by atoms with Crippen LogP contribution in [0.3, 0.4) is 0 Å². The van der Waals surface area contributed by atoms with Gasteiger partial charge in [-0.2, -0.15) is 0 Å². The van der Waals surface area contributed by atoms with Crippen molar-refractivity contribution in [3.05, 3.63) is 101 Å². The minimum Gasteiger partial charge on any atom is -0.267 e. The lowest BCUT2D eigenvalue weighted by atomic mass is 10.0. The number of hydrogen-bond acceptors (Lipinski definition) is 2. The van der Waals surface area contributed by atoms with Gasteiger partial charge in [0, 0.05) is 0 Å². The van der Waals surface area contributed by atoms with Crippen LogP contribution in [0, 0.1) is 0 Å². The molecule has 0 aliphatic rings. The summed E-state index contributed by atoms with van der Waals surface area (Å²) in [6.07, 6.45) is 0. The summed E-state index contributed by atoms with van der Waals surface area (Å²) in [5, 5.41) is 0. The van der Waals surface area contributed by atoms with Gasteiger partial charge in [0.05, 0.1) is 16.1 Å². The van der Waals surface area contributed by atoms with Crippen LogP contribution in [-0.4, -0.2) is 3.96 Å². The molecule has 2 nitrogen and oxygen atoms in total. The molecule has 1 heterocycles. The van der Waals surface area contributed by atoms with Crippen LogP contribution in [0.2, 0.25) is 0 Å². The molecular formula is C21H15NOS. The summed E-state index contributed by atoms with van der Waals surface area (Å²) >= 11 is 1.49. The molecule has 0 radical (unpaired) electrons. The van der Waals surface area contributed by atoms with E-state index in [0.717, 1.165) is 27.3 Å². The molecule has 3 aromatic carbocycles. The molecule has 0 amide bonds. The summed E-state index contributed by atoms with van der Waals surface area (Å²) in [7, 11) is 0. The van der Waals surface area contributed by atoms with Crippen LogP contribution in [-0.2, 0) is 0 Å². The fourth-order valence-corrected chi connectivity index (χ4v) is 3.88. The minimum absolute atomic E-state index is 0.0243. The van der Waals surface area contributed by atoms with Crippen LogP contribution in [0.4, 0.5) is 0 Å². The first kappa shape index (κ1) is 14.7. The second-order valence-corrected chi connectivity index (χ2v) is 6.42. The third kappa shape index (κ3) is 2.59. The second kappa shape index (κ2) is 6.30. The Balaban J connectivity index is 2.01. The van der Waals surface area contributed by atoms with E-state index in [9.17, 15) is 4.79 Å². The van der Waals surface area contributed by atoms with E-state index in [4.69, 9.17) is 0 Å². The Hall–Kier alpha value is -2.91. The summed E-state index contributed by atoms with van der Waals surface area (Å²) in [5.74, 6) is 0. The highest BCUT2D eigenvalue weighted by Crippen LogP contribution is 2.34. The Kier molecular flexibility index (Phi) is 3.85. The van der Waals surface area contributed by atoms with Gasteiger partial charge in [-0.1, -0.05) is 90.4 Å². The maximum Gasteiger partial charge on any atom is 0.273 e. The van der Waals surface area contributed by atoms with Crippen LogP contribution in [0.1, 0.15) is 0 Å². The van der Waals surface area contributed by atoms with Crippen LogP contribution in [0.15, 0.2) is 95.8 Å². The van der Waals surface area contributed by atoms with Crippen molar-refractivity contribution in [3.8, 4) is 27.3 Å². The van der Waals surface area contributed by atoms with Gasteiger partial charge in [-0.05, 0) is 23.3 Å².